The lowest BCUT2D eigenvalue weighted by molar-refractivity contribution is -0.140. The molecule has 0 rings (SSSR count). The Morgan fingerprint density at radius 3 is 2.33 bits per heavy atom. The van der Waals surface area contributed by atoms with Gasteiger partial charge in [0.15, 0.2) is 0 Å². The first-order valence-corrected chi connectivity index (χ1v) is 3.35. The van der Waals surface area contributed by atoms with Crippen LogP contribution in [0.3, 0.4) is 0 Å². The number of hydrogen-bond acceptors (Lipinski definition) is 2. The minimum atomic E-state index is -3.12. The summed E-state index contributed by atoms with van der Waals surface area (Å²) in [6, 6.07) is 0. The van der Waals surface area contributed by atoms with Crippen molar-refractivity contribution >= 4 is 17.7 Å². The van der Waals surface area contributed by atoms with E-state index in [0.717, 1.165) is 0 Å². The number of carboxylic acid groups (broad SMARTS) is 1. The summed E-state index contributed by atoms with van der Waals surface area (Å²) in [4.78, 5) is 9.68. The third kappa shape index (κ3) is 4.20. The van der Waals surface area contributed by atoms with Crippen molar-refractivity contribution in [2.24, 2.45) is 0 Å². The van der Waals surface area contributed by atoms with Crippen LogP contribution in [0.4, 0.5) is 8.78 Å². The van der Waals surface area contributed by atoms with Crippen molar-refractivity contribution in [2.45, 2.75) is 11.7 Å². The van der Waals surface area contributed by atoms with Crippen molar-refractivity contribution in [3.63, 3.8) is 0 Å². The fourth-order valence-corrected chi connectivity index (χ4v) is 0.516. The molecule has 0 unspecified atom stereocenters. The van der Waals surface area contributed by atoms with E-state index in [1.165, 1.54) is 6.26 Å². The van der Waals surface area contributed by atoms with Crippen LogP contribution in [-0.4, -0.2) is 22.6 Å². The number of alkyl halides is 2. The van der Waals surface area contributed by atoms with Gasteiger partial charge in [-0.1, -0.05) is 11.8 Å². The van der Waals surface area contributed by atoms with Gasteiger partial charge >= 0.3 is 11.2 Å². The highest BCUT2D eigenvalue weighted by molar-refractivity contribution is 7.99. The van der Waals surface area contributed by atoms with Crippen molar-refractivity contribution < 1.29 is 18.7 Å². The normalized spacial score (nSPS) is 11.4. The summed E-state index contributed by atoms with van der Waals surface area (Å²) in [7, 11) is 0. The van der Waals surface area contributed by atoms with Gasteiger partial charge in [0, 0.05) is 0 Å². The van der Waals surface area contributed by atoms with E-state index < -0.39 is 17.6 Å². The average molecular weight is 156 g/mol. The molecule has 0 fully saturated rings. The Labute approximate surface area is 55.2 Å². The summed E-state index contributed by atoms with van der Waals surface area (Å²) in [6.07, 6.45) is 0.0666. The van der Waals surface area contributed by atoms with Crippen LogP contribution in [0.2, 0.25) is 0 Å². The van der Waals surface area contributed by atoms with Gasteiger partial charge in [-0.05, 0) is 6.26 Å². The lowest BCUT2D eigenvalue weighted by atomic mass is 10.5. The Bertz CT molecular complexity index is 115. The zero-order chi connectivity index (χ0) is 7.49. The smallest absolute Gasteiger partial charge is 0.310 e. The minimum absolute atomic E-state index is 0.241. The molecule has 5 heteroatoms. The van der Waals surface area contributed by atoms with E-state index in [0.29, 0.717) is 0 Å². The van der Waals surface area contributed by atoms with Gasteiger partial charge in [0.1, 0.15) is 6.42 Å². The van der Waals surface area contributed by atoms with Crippen LogP contribution in [0.5, 0.6) is 0 Å². The first-order valence-electron chi connectivity index (χ1n) is 2.13. The van der Waals surface area contributed by atoms with Crippen LogP contribution in [0.1, 0.15) is 6.42 Å². The highest BCUT2D eigenvalue weighted by atomic mass is 32.2. The molecule has 0 aliphatic carbocycles. The zero-order valence-corrected chi connectivity index (χ0v) is 5.54. The van der Waals surface area contributed by atoms with E-state index in [1.54, 1.807) is 0 Å². The van der Waals surface area contributed by atoms with Crippen molar-refractivity contribution in [3.05, 3.63) is 0 Å². The summed E-state index contributed by atoms with van der Waals surface area (Å²) in [5.74, 6) is -1.48. The second-order valence-corrected chi connectivity index (χ2v) is 2.42. The summed E-state index contributed by atoms with van der Waals surface area (Å²) in [5, 5.41) is 4.77. The maximum absolute atomic E-state index is 12.0. The van der Waals surface area contributed by atoms with E-state index in [-0.39, 0.29) is 11.8 Å². The number of carbonyl (C=O) groups is 1. The van der Waals surface area contributed by atoms with Crippen LogP contribution < -0.4 is 0 Å². The van der Waals surface area contributed by atoms with E-state index >= 15 is 0 Å². The van der Waals surface area contributed by atoms with Gasteiger partial charge < -0.3 is 5.11 Å². The van der Waals surface area contributed by atoms with Crippen molar-refractivity contribution in [2.75, 3.05) is 6.26 Å². The topological polar surface area (TPSA) is 37.3 Å². The molecule has 0 aromatic rings. The first kappa shape index (κ1) is 8.68. The molecule has 0 aliphatic rings. The van der Waals surface area contributed by atoms with Gasteiger partial charge in [-0.15, -0.1) is 0 Å². The largest absolute Gasteiger partial charge is 0.481 e. The predicted molar refractivity (Wildman–Crippen MR) is 30.7 cm³/mol. The van der Waals surface area contributed by atoms with Gasteiger partial charge in [0.05, 0.1) is 0 Å². The van der Waals surface area contributed by atoms with Gasteiger partial charge in [-0.3, -0.25) is 4.79 Å². The van der Waals surface area contributed by atoms with E-state index in [2.05, 4.69) is 0 Å². The van der Waals surface area contributed by atoms with Crippen LogP contribution >= 0.6 is 11.8 Å². The second-order valence-electron chi connectivity index (χ2n) is 1.41. The summed E-state index contributed by atoms with van der Waals surface area (Å²) < 4.78 is 24.0. The van der Waals surface area contributed by atoms with Gasteiger partial charge in [-0.25, -0.2) is 0 Å². The molecule has 0 atom stereocenters. The molecule has 0 bridgehead atoms. The Kier molecular flexibility index (Phi) is 2.90. The fraction of sp³-hybridized carbons (Fsp3) is 0.750. The first-order chi connectivity index (χ1) is 3.98. The number of hydrogen-bond donors (Lipinski definition) is 1. The standard InChI is InChI=1S/C4H6F2O2S/c1-9-4(5,6)2-3(7)8/h2H2,1H3,(H,7,8). The number of carboxylic acids is 1. The molecule has 0 aromatic heterocycles. The van der Waals surface area contributed by atoms with E-state index in [1.807, 2.05) is 0 Å². The molecule has 0 amide bonds. The van der Waals surface area contributed by atoms with Crippen LogP contribution in [0, 0.1) is 0 Å². The Hall–Kier alpha value is -0.320. The van der Waals surface area contributed by atoms with Gasteiger partial charge in [0.25, 0.3) is 0 Å². The lowest BCUT2D eigenvalue weighted by Crippen LogP contribution is -2.15. The molecular formula is C4H6F2O2S. The Balaban J connectivity index is 3.71. The predicted octanol–water partition coefficient (Wildman–Crippen LogP) is 1.42. The third-order valence-corrected chi connectivity index (χ3v) is 1.40. The molecule has 0 saturated carbocycles. The lowest BCUT2D eigenvalue weighted by Gasteiger charge is -2.08. The number of aliphatic carboxylic acids is 1. The zero-order valence-electron chi connectivity index (χ0n) is 4.73. The average Bonchev–Trinajstić information content (AvgIpc) is 1.63. The fourth-order valence-electron chi connectivity index (χ4n) is 0.248. The molecule has 2 nitrogen and oxygen atoms in total. The maximum atomic E-state index is 12.0. The quantitative estimate of drug-likeness (QED) is 0.671. The highest BCUT2D eigenvalue weighted by Crippen LogP contribution is 2.29. The Morgan fingerprint density at radius 2 is 2.22 bits per heavy atom. The molecule has 0 aliphatic heterocycles. The van der Waals surface area contributed by atoms with Crippen LogP contribution in [-0.2, 0) is 4.79 Å². The molecule has 54 valence electrons. The van der Waals surface area contributed by atoms with Crippen LogP contribution in [0.25, 0.3) is 0 Å². The maximum Gasteiger partial charge on any atom is 0.310 e. The summed E-state index contributed by atoms with van der Waals surface area (Å²) in [6.45, 7) is 0. The molecule has 0 spiro atoms. The minimum Gasteiger partial charge on any atom is -0.481 e. The second kappa shape index (κ2) is 3.00. The number of halogens is 2. The third-order valence-electron chi connectivity index (χ3n) is 0.656. The van der Waals surface area contributed by atoms with Crippen molar-refractivity contribution in [3.8, 4) is 0 Å². The summed E-state index contributed by atoms with van der Waals surface area (Å²) >= 11 is 0.241. The molecule has 0 saturated heterocycles. The Morgan fingerprint density at radius 1 is 1.78 bits per heavy atom. The number of thioether (sulfide) groups is 1. The van der Waals surface area contributed by atoms with Crippen molar-refractivity contribution in [1.29, 1.82) is 0 Å². The van der Waals surface area contributed by atoms with Crippen molar-refractivity contribution in [1.82, 2.24) is 0 Å². The molecular weight excluding hydrogens is 150 g/mol. The summed E-state index contributed by atoms with van der Waals surface area (Å²) in [5.41, 5.74) is 0. The molecule has 0 radical (unpaired) electrons. The van der Waals surface area contributed by atoms with E-state index in [4.69, 9.17) is 5.11 Å². The highest BCUT2D eigenvalue weighted by Gasteiger charge is 2.30. The van der Waals surface area contributed by atoms with Gasteiger partial charge in [0.2, 0.25) is 0 Å². The van der Waals surface area contributed by atoms with Gasteiger partial charge in [-0.2, -0.15) is 8.78 Å². The molecule has 9 heavy (non-hydrogen) atoms. The number of rotatable bonds is 3. The monoisotopic (exact) mass is 156 g/mol. The SMILES string of the molecule is CSC(F)(F)CC(=O)O. The van der Waals surface area contributed by atoms with Crippen LogP contribution in [0.15, 0.2) is 0 Å². The molecule has 0 heterocycles. The molecule has 1 N–H and O–H groups in total. The molecule has 0 aromatic carbocycles. The van der Waals surface area contributed by atoms with E-state index in [9.17, 15) is 13.6 Å².